The minimum absolute atomic E-state index is 0.133. The van der Waals surface area contributed by atoms with Crippen molar-refractivity contribution in [1.82, 2.24) is 4.98 Å². The Morgan fingerprint density at radius 3 is 2.35 bits per heavy atom. The van der Waals surface area contributed by atoms with E-state index >= 15 is 0 Å². The summed E-state index contributed by atoms with van der Waals surface area (Å²) in [5, 5.41) is 8.71. The van der Waals surface area contributed by atoms with Crippen LogP contribution in [0.3, 0.4) is 0 Å². The summed E-state index contributed by atoms with van der Waals surface area (Å²) >= 11 is 0. The molecule has 0 radical (unpaired) electrons. The summed E-state index contributed by atoms with van der Waals surface area (Å²) in [5.41, 5.74) is -0.0570. The minimum Gasteiger partial charge on any atom is -0.458 e. The highest BCUT2D eigenvalue weighted by molar-refractivity contribution is 7.92. The Bertz CT molecular complexity index is 1260. The van der Waals surface area contributed by atoms with Crippen molar-refractivity contribution < 1.29 is 22.7 Å². The lowest BCUT2D eigenvalue weighted by atomic mass is 9.65. The van der Waals surface area contributed by atoms with E-state index in [0.717, 1.165) is 12.8 Å². The number of cyclic esters (lactones) is 1. The van der Waals surface area contributed by atoms with Crippen LogP contribution in [0.15, 0.2) is 47.6 Å². The van der Waals surface area contributed by atoms with E-state index in [4.69, 9.17) is 10.00 Å². The number of carbonyl (C=O) groups is 2. The van der Waals surface area contributed by atoms with Gasteiger partial charge in [0.15, 0.2) is 10.8 Å². The van der Waals surface area contributed by atoms with Crippen LogP contribution in [0.4, 0.5) is 5.69 Å². The van der Waals surface area contributed by atoms with Crippen molar-refractivity contribution in [2.45, 2.75) is 83.3 Å². The Morgan fingerprint density at radius 2 is 1.84 bits per heavy atom. The molecule has 2 aromatic rings. The van der Waals surface area contributed by atoms with Crippen LogP contribution in [0.5, 0.6) is 0 Å². The fourth-order valence-electron chi connectivity index (χ4n) is 5.31. The second-order valence-corrected chi connectivity index (χ2v) is 12.4. The summed E-state index contributed by atoms with van der Waals surface area (Å²) < 4.78 is 34.3. The van der Waals surface area contributed by atoms with Crippen LogP contribution >= 0.6 is 0 Å². The standard InChI is InChI=1S/C28H35N3O5S/c1-6-13-28(14-7-2)16-22(32)24(26(33)36-28)25(27(3,4)5)20-9-8-10-21(15-20)31-37(34,35)23-12-11-19(17-29)18-30-23/h8-12,15,18,24-25,31H,6-7,13-14,16H2,1-5H3. The lowest BCUT2D eigenvalue weighted by molar-refractivity contribution is -0.182. The molecule has 1 fully saturated rings. The average molecular weight is 526 g/mol. The predicted molar refractivity (Wildman–Crippen MR) is 140 cm³/mol. The van der Waals surface area contributed by atoms with Crippen LogP contribution in [-0.4, -0.2) is 30.8 Å². The van der Waals surface area contributed by atoms with Crippen molar-refractivity contribution in [3.8, 4) is 6.07 Å². The summed E-state index contributed by atoms with van der Waals surface area (Å²) in [6.45, 7) is 9.89. The molecule has 2 heterocycles. The van der Waals surface area contributed by atoms with Gasteiger partial charge in [-0.1, -0.05) is 59.6 Å². The summed E-state index contributed by atoms with van der Waals surface area (Å²) in [6, 6.07) is 11.3. The molecule has 1 aromatic carbocycles. The number of pyridine rings is 1. The number of hydrogen-bond acceptors (Lipinski definition) is 7. The molecule has 0 bridgehead atoms. The van der Waals surface area contributed by atoms with E-state index in [-0.39, 0.29) is 28.5 Å². The topological polar surface area (TPSA) is 126 Å². The van der Waals surface area contributed by atoms with E-state index in [1.165, 1.54) is 18.3 Å². The van der Waals surface area contributed by atoms with E-state index < -0.39 is 38.8 Å². The first kappa shape index (κ1) is 28.3. The number of ether oxygens (including phenoxy) is 1. The average Bonchev–Trinajstić information content (AvgIpc) is 2.81. The highest BCUT2D eigenvalue weighted by atomic mass is 32.2. The van der Waals surface area contributed by atoms with Crippen LogP contribution in [0.1, 0.15) is 83.8 Å². The molecule has 8 nitrogen and oxygen atoms in total. The quantitative estimate of drug-likeness (QED) is 0.345. The monoisotopic (exact) mass is 525 g/mol. The minimum atomic E-state index is -4.02. The van der Waals surface area contributed by atoms with Crippen LogP contribution in [0.25, 0.3) is 0 Å². The van der Waals surface area contributed by atoms with Gasteiger partial charge in [-0.3, -0.25) is 14.3 Å². The molecule has 1 aromatic heterocycles. The first-order valence-electron chi connectivity index (χ1n) is 12.6. The van der Waals surface area contributed by atoms with Gasteiger partial charge >= 0.3 is 5.97 Å². The number of hydrogen-bond donors (Lipinski definition) is 1. The first-order valence-corrected chi connectivity index (χ1v) is 14.1. The van der Waals surface area contributed by atoms with Crippen LogP contribution in [0.2, 0.25) is 0 Å². The van der Waals surface area contributed by atoms with Gasteiger partial charge in [0.2, 0.25) is 0 Å². The number of benzene rings is 1. The Labute approximate surface area is 219 Å². The zero-order valence-electron chi connectivity index (χ0n) is 22.1. The molecular formula is C28H35N3O5S. The van der Waals surface area contributed by atoms with Gasteiger partial charge in [0.25, 0.3) is 10.0 Å². The molecule has 0 saturated carbocycles. The number of ketones is 1. The molecule has 1 aliphatic rings. The van der Waals surface area contributed by atoms with Gasteiger partial charge in [0.05, 0.1) is 5.56 Å². The van der Waals surface area contributed by atoms with E-state index in [0.29, 0.717) is 18.4 Å². The SMILES string of the molecule is CCCC1(CCC)CC(=O)C(C(c2cccc(NS(=O)(=O)c3ccc(C#N)cn3)c2)C(C)(C)C)C(=O)O1. The number of rotatable bonds is 9. The van der Waals surface area contributed by atoms with E-state index in [9.17, 15) is 18.0 Å². The van der Waals surface area contributed by atoms with Gasteiger partial charge in [-0.2, -0.15) is 13.7 Å². The maximum atomic E-state index is 13.5. The second kappa shape index (κ2) is 11.0. The summed E-state index contributed by atoms with van der Waals surface area (Å²) in [5.74, 6) is -2.14. The number of anilines is 1. The largest absolute Gasteiger partial charge is 0.458 e. The molecule has 3 rings (SSSR count). The molecule has 1 aliphatic heterocycles. The third-order valence-electron chi connectivity index (χ3n) is 6.73. The van der Waals surface area contributed by atoms with Crippen molar-refractivity contribution in [2.24, 2.45) is 11.3 Å². The molecule has 2 atom stereocenters. The smallest absolute Gasteiger partial charge is 0.317 e. The number of Topliss-reactive ketones (excluding diaryl/α,β-unsaturated/α-hetero) is 1. The number of nitrogens with one attached hydrogen (secondary N) is 1. The van der Waals surface area contributed by atoms with Crippen LogP contribution < -0.4 is 4.72 Å². The summed E-state index contributed by atoms with van der Waals surface area (Å²) in [6.07, 6.45) is 4.29. The Morgan fingerprint density at radius 1 is 1.16 bits per heavy atom. The van der Waals surface area contributed by atoms with Crippen molar-refractivity contribution in [3.05, 3.63) is 53.7 Å². The molecule has 2 unspecified atom stereocenters. The molecule has 0 amide bonds. The van der Waals surface area contributed by atoms with E-state index in [1.54, 1.807) is 24.3 Å². The van der Waals surface area contributed by atoms with Crippen LogP contribution in [0, 0.1) is 22.7 Å². The predicted octanol–water partition coefficient (Wildman–Crippen LogP) is 5.35. The van der Waals surface area contributed by atoms with Gasteiger partial charge in [0, 0.05) is 24.2 Å². The normalized spacial score (nSPS) is 18.5. The van der Waals surface area contributed by atoms with Crippen molar-refractivity contribution in [2.75, 3.05) is 4.72 Å². The highest BCUT2D eigenvalue weighted by Gasteiger charge is 2.51. The second-order valence-electron chi connectivity index (χ2n) is 10.8. The number of carbonyl (C=O) groups excluding carboxylic acids is 2. The van der Waals surface area contributed by atoms with Gasteiger partial charge in [0.1, 0.15) is 17.6 Å². The van der Waals surface area contributed by atoms with Crippen molar-refractivity contribution >= 4 is 27.5 Å². The number of nitriles is 1. The van der Waals surface area contributed by atoms with E-state index in [2.05, 4.69) is 9.71 Å². The maximum absolute atomic E-state index is 13.5. The van der Waals surface area contributed by atoms with Crippen molar-refractivity contribution in [3.63, 3.8) is 0 Å². The number of aromatic nitrogens is 1. The third kappa shape index (κ3) is 6.37. The molecule has 198 valence electrons. The number of nitrogens with zero attached hydrogens (tertiary/aromatic N) is 2. The third-order valence-corrected chi connectivity index (χ3v) is 8.03. The van der Waals surface area contributed by atoms with Gasteiger partial charge in [-0.15, -0.1) is 0 Å². The van der Waals surface area contributed by atoms with Gasteiger partial charge in [-0.05, 0) is 48.1 Å². The maximum Gasteiger partial charge on any atom is 0.317 e. The molecule has 0 spiro atoms. The summed E-state index contributed by atoms with van der Waals surface area (Å²) in [4.78, 5) is 30.8. The van der Waals surface area contributed by atoms with Crippen LogP contribution in [-0.2, 0) is 24.3 Å². The highest BCUT2D eigenvalue weighted by Crippen LogP contribution is 2.47. The van der Waals surface area contributed by atoms with Gasteiger partial charge < -0.3 is 4.74 Å². The molecule has 1 N–H and O–H groups in total. The molecule has 0 aliphatic carbocycles. The number of sulfonamides is 1. The van der Waals surface area contributed by atoms with Crippen molar-refractivity contribution in [1.29, 1.82) is 5.26 Å². The Kier molecular flexibility index (Phi) is 8.43. The Balaban J connectivity index is 1.95. The van der Waals surface area contributed by atoms with E-state index in [1.807, 2.05) is 40.7 Å². The first-order chi connectivity index (χ1) is 17.4. The Hall–Kier alpha value is -3.25. The summed E-state index contributed by atoms with van der Waals surface area (Å²) in [7, 11) is -4.02. The fraction of sp³-hybridized carbons (Fsp3) is 0.500. The lowest BCUT2D eigenvalue weighted by Crippen LogP contribution is -2.50. The molecule has 37 heavy (non-hydrogen) atoms. The lowest BCUT2D eigenvalue weighted by Gasteiger charge is -2.43. The zero-order valence-corrected chi connectivity index (χ0v) is 22.9. The molecular weight excluding hydrogens is 490 g/mol. The fourth-order valence-corrected chi connectivity index (χ4v) is 6.29. The number of esters is 1. The van der Waals surface area contributed by atoms with Gasteiger partial charge in [-0.25, -0.2) is 4.98 Å². The molecule has 9 heteroatoms. The molecule has 1 saturated heterocycles. The zero-order chi connectivity index (χ0) is 27.4.